The van der Waals surface area contributed by atoms with Crippen LogP contribution in [-0.4, -0.2) is 13.1 Å². The lowest BCUT2D eigenvalue weighted by Crippen LogP contribution is -2.07. The first kappa shape index (κ1) is 10.9. The van der Waals surface area contributed by atoms with Crippen LogP contribution in [0.2, 0.25) is 0 Å². The summed E-state index contributed by atoms with van der Waals surface area (Å²) >= 11 is 1.78. The number of hydrogen-bond donors (Lipinski definition) is 0. The number of ether oxygens (including phenoxy) is 1. The normalized spacial score (nSPS) is 9.29. The number of methoxy groups -OCH3 is 1. The van der Waals surface area contributed by atoms with Crippen molar-refractivity contribution in [3.8, 4) is 6.07 Å². The summed E-state index contributed by atoms with van der Waals surface area (Å²) in [4.78, 5) is 11.1. The van der Waals surface area contributed by atoms with Gasteiger partial charge >= 0.3 is 5.97 Å². The predicted molar refractivity (Wildman–Crippen MR) is 55.2 cm³/mol. The number of nitriles is 1. The Bertz CT molecular complexity index is 402. The first-order valence-electron chi connectivity index (χ1n) is 3.57. The van der Waals surface area contributed by atoms with Crippen LogP contribution in [0.3, 0.4) is 0 Å². The van der Waals surface area contributed by atoms with E-state index >= 15 is 0 Å². The molecule has 14 heavy (non-hydrogen) atoms. The maximum atomic E-state index is 13.3. The van der Waals surface area contributed by atoms with E-state index in [2.05, 4.69) is 4.74 Å². The zero-order chi connectivity index (χ0) is 10.7. The number of carbonyl (C=O) groups excluding carboxylic acids is 1. The zero-order valence-corrected chi connectivity index (χ0v) is 9.33. The fraction of sp³-hybridized carbons (Fsp3) is 0.111. The van der Waals surface area contributed by atoms with E-state index in [9.17, 15) is 9.18 Å². The van der Waals surface area contributed by atoms with E-state index in [1.54, 1.807) is 28.7 Å². The van der Waals surface area contributed by atoms with Gasteiger partial charge in [0.1, 0.15) is 11.4 Å². The van der Waals surface area contributed by atoms with Gasteiger partial charge in [0.25, 0.3) is 0 Å². The van der Waals surface area contributed by atoms with Crippen molar-refractivity contribution < 1.29 is 13.9 Å². The Morgan fingerprint density at radius 1 is 1.64 bits per heavy atom. The summed E-state index contributed by atoms with van der Waals surface area (Å²) in [5.41, 5.74) is 0.0478. The Morgan fingerprint density at radius 3 is 2.71 bits per heavy atom. The Kier molecular flexibility index (Phi) is 3.41. The van der Waals surface area contributed by atoms with Gasteiger partial charge in [0.05, 0.1) is 18.7 Å². The fourth-order valence-electron chi connectivity index (χ4n) is 0.935. The molecule has 3 nitrogen and oxygen atoms in total. The summed E-state index contributed by atoms with van der Waals surface area (Å²) in [6, 6.07) is 4.23. The lowest BCUT2D eigenvalue weighted by Gasteiger charge is -2.03. The first-order valence-corrected chi connectivity index (χ1v) is 4.65. The second-order valence-corrected chi connectivity index (χ2v) is 3.58. The van der Waals surface area contributed by atoms with Crippen LogP contribution >= 0.6 is 22.6 Å². The minimum Gasteiger partial charge on any atom is -0.465 e. The van der Waals surface area contributed by atoms with Gasteiger partial charge in [-0.2, -0.15) is 5.26 Å². The standard InChI is InChI=1S/C9H5FINO2/c1-14-9(13)8-6(10)2-5(4-12)3-7(8)11/h2-3H,1H3. The van der Waals surface area contributed by atoms with Crippen LogP contribution in [-0.2, 0) is 4.74 Å². The van der Waals surface area contributed by atoms with Crippen LogP contribution in [0.1, 0.15) is 15.9 Å². The van der Waals surface area contributed by atoms with E-state index < -0.39 is 11.8 Å². The molecule has 1 aromatic rings. The molecule has 0 fully saturated rings. The summed E-state index contributed by atoms with van der Waals surface area (Å²) < 4.78 is 18.1. The molecule has 0 aromatic heterocycles. The molecular formula is C9H5FINO2. The molecule has 0 radical (unpaired) electrons. The average Bonchev–Trinajstić information content (AvgIpc) is 2.16. The highest BCUT2D eigenvalue weighted by atomic mass is 127. The largest absolute Gasteiger partial charge is 0.465 e. The highest BCUT2D eigenvalue weighted by Gasteiger charge is 2.17. The second-order valence-electron chi connectivity index (χ2n) is 2.42. The molecule has 1 aromatic carbocycles. The van der Waals surface area contributed by atoms with E-state index in [-0.39, 0.29) is 11.1 Å². The predicted octanol–water partition coefficient (Wildman–Crippen LogP) is 2.09. The molecule has 0 spiro atoms. The quantitative estimate of drug-likeness (QED) is 0.590. The van der Waals surface area contributed by atoms with E-state index in [4.69, 9.17) is 5.26 Å². The topological polar surface area (TPSA) is 50.1 Å². The number of benzene rings is 1. The minimum absolute atomic E-state index is 0.132. The van der Waals surface area contributed by atoms with Crippen molar-refractivity contribution in [2.45, 2.75) is 0 Å². The maximum Gasteiger partial charge on any atom is 0.341 e. The molecule has 0 bridgehead atoms. The minimum atomic E-state index is -0.739. The van der Waals surface area contributed by atoms with Crippen LogP contribution in [0.5, 0.6) is 0 Å². The molecule has 72 valence electrons. The van der Waals surface area contributed by atoms with Gasteiger partial charge in [0, 0.05) is 3.57 Å². The lowest BCUT2D eigenvalue weighted by molar-refractivity contribution is 0.0594. The zero-order valence-electron chi connectivity index (χ0n) is 7.17. The summed E-state index contributed by atoms with van der Waals surface area (Å²) in [7, 11) is 1.18. The van der Waals surface area contributed by atoms with Crippen LogP contribution in [0.4, 0.5) is 4.39 Å². The summed E-state index contributed by atoms with van der Waals surface area (Å²) in [6.07, 6.45) is 0. The van der Waals surface area contributed by atoms with E-state index in [0.717, 1.165) is 6.07 Å². The first-order chi connectivity index (χ1) is 6.60. The third-order valence-corrected chi connectivity index (χ3v) is 2.41. The van der Waals surface area contributed by atoms with Gasteiger partial charge in [-0.15, -0.1) is 0 Å². The van der Waals surface area contributed by atoms with Crippen molar-refractivity contribution in [1.29, 1.82) is 5.26 Å². The molecule has 0 unspecified atom stereocenters. The molecule has 0 atom stereocenters. The summed E-state index contributed by atoms with van der Waals surface area (Å²) in [5, 5.41) is 8.54. The number of esters is 1. The van der Waals surface area contributed by atoms with Gasteiger partial charge in [0.2, 0.25) is 0 Å². The van der Waals surface area contributed by atoms with Crippen LogP contribution < -0.4 is 0 Å². The van der Waals surface area contributed by atoms with E-state index in [1.165, 1.54) is 13.2 Å². The van der Waals surface area contributed by atoms with Gasteiger partial charge in [-0.1, -0.05) is 0 Å². The van der Waals surface area contributed by atoms with Crippen molar-refractivity contribution in [2.75, 3.05) is 7.11 Å². The third-order valence-electron chi connectivity index (χ3n) is 1.56. The lowest BCUT2D eigenvalue weighted by atomic mass is 10.1. The maximum absolute atomic E-state index is 13.3. The molecular weight excluding hydrogens is 300 g/mol. The molecule has 0 saturated heterocycles. The SMILES string of the molecule is COC(=O)c1c(F)cc(C#N)cc1I. The van der Waals surface area contributed by atoms with E-state index in [0.29, 0.717) is 3.57 Å². The molecule has 0 N–H and O–H groups in total. The monoisotopic (exact) mass is 305 g/mol. The number of rotatable bonds is 1. The number of hydrogen-bond acceptors (Lipinski definition) is 3. The number of nitrogens with zero attached hydrogens (tertiary/aromatic N) is 1. The number of carbonyl (C=O) groups is 1. The molecule has 0 aliphatic carbocycles. The highest BCUT2D eigenvalue weighted by Crippen LogP contribution is 2.19. The van der Waals surface area contributed by atoms with Gasteiger partial charge < -0.3 is 4.74 Å². The Balaban J connectivity index is 3.34. The molecule has 0 aliphatic rings. The van der Waals surface area contributed by atoms with Crippen molar-refractivity contribution >= 4 is 28.6 Å². The van der Waals surface area contributed by atoms with Crippen molar-refractivity contribution in [1.82, 2.24) is 0 Å². The van der Waals surface area contributed by atoms with Crippen molar-refractivity contribution in [3.05, 3.63) is 32.6 Å². The van der Waals surface area contributed by atoms with Crippen LogP contribution in [0.25, 0.3) is 0 Å². The Hall–Kier alpha value is -1.16. The molecule has 0 saturated carbocycles. The Morgan fingerprint density at radius 2 is 2.29 bits per heavy atom. The number of halogens is 2. The van der Waals surface area contributed by atoms with Crippen molar-refractivity contribution in [3.63, 3.8) is 0 Å². The molecule has 0 aliphatic heterocycles. The van der Waals surface area contributed by atoms with Crippen LogP contribution in [0, 0.1) is 20.7 Å². The summed E-state index contributed by atoms with van der Waals surface area (Å²) in [5.74, 6) is -1.48. The van der Waals surface area contributed by atoms with Crippen molar-refractivity contribution in [2.24, 2.45) is 0 Å². The molecule has 0 amide bonds. The fourth-order valence-corrected chi connectivity index (χ4v) is 1.75. The Labute approximate surface area is 93.6 Å². The highest BCUT2D eigenvalue weighted by molar-refractivity contribution is 14.1. The molecule has 1 rings (SSSR count). The molecule has 0 heterocycles. The average molecular weight is 305 g/mol. The van der Waals surface area contributed by atoms with Gasteiger partial charge in [0.15, 0.2) is 0 Å². The molecule has 5 heteroatoms. The van der Waals surface area contributed by atoms with Crippen LogP contribution in [0.15, 0.2) is 12.1 Å². The third kappa shape index (κ3) is 2.01. The smallest absolute Gasteiger partial charge is 0.341 e. The second kappa shape index (κ2) is 4.37. The van der Waals surface area contributed by atoms with Gasteiger partial charge in [-0.3, -0.25) is 0 Å². The van der Waals surface area contributed by atoms with E-state index in [1.807, 2.05) is 0 Å². The summed E-state index contributed by atoms with van der Waals surface area (Å²) in [6.45, 7) is 0. The van der Waals surface area contributed by atoms with Gasteiger partial charge in [-0.05, 0) is 34.7 Å². The van der Waals surface area contributed by atoms with Gasteiger partial charge in [-0.25, -0.2) is 9.18 Å².